The summed E-state index contributed by atoms with van der Waals surface area (Å²) in [5.41, 5.74) is 1.30. The van der Waals surface area contributed by atoms with Crippen molar-refractivity contribution < 1.29 is 9.59 Å². The molecule has 0 saturated carbocycles. The van der Waals surface area contributed by atoms with Crippen molar-refractivity contribution in [3.8, 4) is 0 Å². The van der Waals surface area contributed by atoms with Crippen LogP contribution in [0.15, 0.2) is 24.3 Å². The third-order valence-electron chi connectivity index (χ3n) is 3.25. The highest BCUT2D eigenvalue weighted by atomic mass is 79.9. The van der Waals surface area contributed by atoms with Gasteiger partial charge < -0.3 is 9.80 Å². The molecule has 1 heterocycles. The monoisotopic (exact) mass is 324 g/mol. The van der Waals surface area contributed by atoms with Gasteiger partial charge in [-0.15, -0.1) is 0 Å². The number of halogens is 1. The molecule has 0 N–H and O–H groups in total. The Bertz CT molecular complexity index is 502. The van der Waals surface area contributed by atoms with E-state index in [0.29, 0.717) is 24.4 Å². The van der Waals surface area contributed by atoms with Gasteiger partial charge in [-0.3, -0.25) is 9.59 Å². The second-order valence-corrected chi connectivity index (χ2v) is 5.59. The summed E-state index contributed by atoms with van der Waals surface area (Å²) in [6.45, 7) is 0.668. The van der Waals surface area contributed by atoms with E-state index in [4.69, 9.17) is 0 Å². The Labute approximate surface area is 121 Å². The van der Waals surface area contributed by atoms with Crippen molar-refractivity contribution in [1.29, 1.82) is 0 Å². The van der Waals surface area contributed by atoms with E-state index in [2.05, 4.69) is 15.9 Å². The quantitative estimate of drug-likeness (QED) is 0.799. The molecule has 2 rings (SSSR count). The largest absolute Gasteiger partial charge is 0.345 e. The van der Waals surface area contributed by atoms with E-state index in [-0.39, 0.29) is 11.8 Å². The van der Waals surface area contributed by atoms with Gasteiger partial charge in [0, 0.05) is 32.4 Å². The highest BCUT2D eigenvalue weighted by Crippen LogP contribution is 2.29. The number of anilines is 1. The van der Waals surface area contributed by atoms with Crippen molar-refractivity contribution in [3.05, 3.63) is 29.8 Å². The Kier molecular flexibility index (Phi) is 4.24. The van der Waals surface area contributed by atoms with Crippen molar-refractivity contribution in [3.63, 3.8) is 0 Å². The standard InChI is InChI=1S/C14H17BrN2O2/c1-16(2)14(19)11-5-3-4-6-12(11)17-9-10(8-15)7-13(17)18/h3-6,10H,7-9H2,1-2H3. The smallest absolute Gasteiger partial charge is 0.255 e. The molecule has 0 spiro atoms. The van der Waals surface area contributed by atoms with E-state index < -0.39 is 0 Å². The van der Waals surface area contributed by atoms with Gasteiger partial charge in [-0.25, -0.2) is 0 Å². The van der Waals surface area contributed by atoms with Crippen molar-refractivity contribution in [2.24, 2.45) is 5.92 Å². The first-order valence-electron chi connectivity index (χ1n) is 6.21. The molecule has 1 unspecified atom stereocenters. The predicted molar refractivity (Wildman–Crippen MR) is 78.7 cm³/mol. The molecule has 0 aromatic heterocycles. The molecule has 19 heavy (non-hydrogen) atoms. The molecule has 0 radical (unpaired) electrons. The lowest BCUT2D eigenvalue weighted by Gasteiger charge is -2.21. The van der Waals surface area contributed by atoms with Crippen LogP contribution in [0.5, 0.6) is 0 Å². The SMILES string of the molecule is CN(C)C(=O)c1ccccc1N1CC(CBr)CC1=O. The summed E-state index contributed by atoms with van der Waals surface area (Å²) < 4.78 is 0. The first kappa shape index (κ1) is 14.1. The zero-order chi connectivity index (χ0) is 14.0. The molecule has 102 valence electrons. The summed E-state index contributed by atoms with van der Waals surface area (Å²) in [4.78, 5) is 27.5. The van der Waals surface area contributed by atoms with E-state index in [1.165, 1.54) is 4.90 Å². The number of carbonyl (C=O) groups excluding carboxylic acids is 2. The predicted octanol–water partition coefficient (Wildman–Crippen LogP) is 2.14. The molecule has 4 nitrogen and oxygen atoms in total. The van der Waals surface area contributed by atoms with E-state index in [1.54, 1.807) is 25.1 Å². The maximum Gasteiger partial charge on any atom is 0.255 e. The molecule has 1 atom stereocenters. The van der Waals surface area contributed by atoms with Gasteiger partial charge in [-0.2, -0.15) is 0 Å². The number of para-hydroxylation sites is 1. The molecule has 1 aliphatic rings. The van der Waals surface area contributed by atoms with Crippen LogP contribution >= 0.6 is 15.9 Å². The van der Waals surface area contributed by atoms with Gasteiger partial charge in [0.1, 0.15) is 0 Å². The summed E-state index contributed by atoms with van der Waals surface area (Å²) in [6.07, 6.45) is 0.537. The minimum atomic E-state index is -0.0781. The molecular weight excluding hydrogens is 308 g/mol. The molecule has 0 bridgehead atoms. The lowest BCUT2D eigenvalue weighted by Crippen LogP contribution is -2.29. The molecule has 1 aliphatic heterocycles. The van der Waals surface area contributed by atoms with E-state index >= 15 is 0 Å². The molecule has 5 heteroatoms. The number of rotatable bonds is 3. The maximum atomic E-state index is 12.2. The fraction of sp³-hybridized carbons (Fsp3) is 0.429. The Balaban J connectivity index is 2.35. The van der Waals surface area contributed by atoms with Crippen molar-refractivity contribution in [1.82, 2.24) is 4.90 Å². The molecule has 1 aromatic carbocycles. The Morgan fingerprint density at radius 1 is 1.42 bits per heavy atom. The average Bonchev–Trinajstić information content (AvgIpc) is 2.79. The zero-order valence-corrected chi connectivity index (χ0v) is 12.7. The lowest BCUT2D eigenvalue weighted by molar-refractivity contribution is -0.117. The maximum absolute atomic E-state index is 12.2. The van der Waals surface area contributed by atoms with Crippen LogP contribution in [0.3, 0.4) is 0 Å². The number of carbonyl (C=O) groups is 2. The Morgan fingerprint density at radius 2 is 2.11 bits per heavy atom. The summed E-state index contributed by atoms with van der Waals surface area (Å²) in [5.74, 6) is 0.323. The first-order valence-corrected chi connectivity index (χ1v) is 7.33. The van der Waals surface area contributed by atoms with E-state index in [1.807, 2.05) is 18.2 Å². The van der Waals surface area contributed by atoms with Crippen LogP contribution in [-0.4, -0.2) is 42.7 Å². The van der Waals surface area contributed by atoms with E-state index in [9.17, 15) is 9.59 Å². The Morgan fingerprint density at radius 3 is 2.68 bits per heavy atom. The van der Waals surface area contributed by atoms with Gasteiger partial charge >= 0.3 is 0 Å². The number of hydrogen-bond acceptors (Lipinski definition) is 2. The number of alkyl halides is 1. The third kappa shape index (κ3) is 2.81. The van der Waals surface area contributed by atoms with Crippen molar-refractivity contribution >= 4 is 33.4 Å². The summed E-state index contributed by atoms with van der Waals surface area (Å²) in [7, 11) is 3.43. The molecule has 1 saturated heterocycles. The first-order chi connectivity index (χ1) is 9.04. The highest BCUT2D eigenvalue weighted by Gasteiger charge is 2.32. The van der Waals surface area contributed by atoms with Crippen molar-refractivity contribution in [2.75, 3.05) is 30.9 Å². The molecule has 2 amide bonds. The third-order valence-corrected chi connectivity index (χ3v) is 4.17. The topological polar surface area (TPSA) is 40.6 Å². The van der Waals surface area contributed by atoms with Crippen LogP contribution in [0.1, 0.15) is 16.8 Å². The molecule has 1 aromatic rings. The van der Waals surface area contributed by atoms with Crippen LogP contribution < -0.4 is 4.90 Å². The minimum absolute atomic E-state index is 0.0781. The molecule has 0 aliphatic carbocycles. The fourth-order valence-electron chi connectivity index (χ4n) is 2.25. The van der Waals surface area contributed by atoms with Gasteiger partial charge in [0.2, 0.25) is 5.91 Å². The van der Waals surface area contributed by atoms with Crippen LogP contribution in [0.2, 0.25) is 0 Å². The van der Waals surface area contributed by atoms with Crippen LogP contribution in [0.4, 0.5) is 5.69 Å². The van der Waals surface area contributed by atoms with Crippen LogP contribution in [0, 0.1) is 5.92 Å². The number of benzene rings is 1. The summed E-state index contributed by atoms with van der Waals surface area (Å²) in [6, 6.07) is 7.29. The minimum Gasteiger partial charge on any atom is -0.345 e. The van der Waals surface area contributed by atoms with Gasteiger partial charge in [0.05, 0.1) is 11.3 Å². The lowest BCUT2D eigenvalue weighted by atomic mass is 10.1. The molecular formula is C14H17BrN2O2. The summed E-state index contributed by atoms with van der Waals surface area (Å²) in [5, 5.41) is 0.805. The number of nitrogens with zero attached hydrogens (tertiary/aromatic N) is 2. The van der Waals surface area contributed by atoms with Gasteiger partial charge in [-0.05, 0) is 18.1 Å². The summed E-state index contributed by atoms with van der Waals surface area (Å²) >= 11 is 3.42. The van der Waals surface area contributed by atoms with Gasteiger partial charge in [0.15, 0.2) is 0 Å². The number of amides is 2. The number of hydrogen-bond donors (Lipinski definition) is 0. The average molecular weight is 325 g/mol. The second kappa shape index (κ2) is 5.74. The van der Waals surface area contributed by atoms with Gasteiger partial charge in [-0.1, -0.05) is 28.1 Å². The van der Waals surface area contributed by atoms with Crippen LogP contribution in [-0.2, 0) is 4.79 Å². The van der Waals surface area contributed by atoms with Gasteiger partial charge in [0.25, 0.3) is 5.91 Å². The normalized spacial score (nSPS) is 18.8. The zero-order valence-electron chi connectivity index (χ0n) is 11.1. The van der Waals surface area contributed by atoms with E-state index in [0.717, 1.165) is 11.0 Å². The highest BCUT2D eigenvalue weighted by molar-refractivity contribution is 9.09. The van der Waals surface area contributed by atoms with Crippen molar-refractivity contribution in [2.45, 2.75) is 6.42 Å². The Hall–Kier alpha value is -1.36. The van der Waals surface area contributed by atoms with Crippen LogP contribution in [0.25, 0.3) is 0 Å². The second-order valence-electron chi connectivity index (χ2n) is 4.95. The fourth-order valence-corrected chi connectivity index (χ4v) is 2.68. The molecule has 1 fully saturated rings.